The van der Waals surface area contributed by atoms with E-state index in [-0.39, 0.29) is 12.2 Å². The van der Waals surface area contributed by atoms with Gasteiger partial charge in [0.1, 0.15) is 5.75 Å². The molecule has 0 saturated heterocycles. The molecule has 0 aliphatic heterocycles. The molecule has 31 heavy (non-hydrogen) atoms. The van der Waals surface area contributed by atoms with Gasteiger partial charge < -0.3 is 9.92 Å². The van der Waals surface area contributed by atoms with Crippen LogP contribution in [0, 0.1) is 0 Å². The van der Waals surface area contributed by atoms with Crippen molar-refractivity contribution >= 4 is 16.2 Å². The maximum Gasteiger partial charge on any atom is 0.409 e. The average Bonchev–Trinajstić information content (AvgIpc) is 2.72. The van der Waals surface area contributed by atoms with Crippen LogP contribution in [0.4, 0.5) is 0 Å². The van der Waals surface area contributed by atoms with E-state index in [0.29, 0.717) is 19.4 Å². The van der Waals surface area contributed by atoms with E-state index in [4.69, 9.17) is 9.92 Å². The van der Waals surface area contributed by atoms with Crippen molar-refractivity contribution in [2.75, 3.05) is 6.54 Å². The molecule has 0 bridgehead atoms. The fourth-order valence-corrected chi connectivity index (χ4v) is 4.31. The highest BCUT2D eigenvalue weighted by Gasteiger charge is 2.16. The minimum absolute atomic E-state index is 0.169. The van der Waals surface area contributed by atoms with Gasteiger partial charge in [-0.15, -0.1) is 0 Å². The summed E-state index contributed by atoms with van der Waals surface area (Å²) in [5.74, 6) is -0.357. The summed E-state index contributed by atoms with van der Waals surface area (Å²) in [4.78, 5) is 11.9. The molecule has 3 N–H and O–H groups in total. The fourth-order valence-electron chi connectivity index (χ4n) is 3.52. The van der Waals surface area contributed by atoms with Crippen molar-refractivity contribution in [3.63, 3.8) is 0 Å². The van der Waals surface area contributed by atoms with Gasteiger partial charge in [-0.2, -0.15) is 8.42 Å². The van der Waals surface area contributed by atoms with Gasteiger partial charge >= 0.3 is 10.3 Å². The van der Waals surface area contributed by atoms with Crippen molar-refractivity contribution < 1.29 is 17.4 Å². The first-order valence-electron chi connectivity index (χ1n) is 12.0. The molecule has 0 atom stereocenters. The highest BCUT2D eigenvalue weighted by atomic mass is 32.2. The van der Waals surface area contributed by atoms with E-state index >= 15 is 0 Å². The summed E-state index contributed by atoms with van der Waals surface area (Å²) >= 11 is 0. The van der Waals surface area contributed by atoms with Gasteiger partial charge in [0.2, 0.25) is 5.91 Å². The lowest BCUT2D eigenvalue weighted by Crippen LogP contribution is -2.33. The first-order valence-corrected chi connectivity index (χ1v) is 13.4. The number of carbonyl (C=O) groups is 1. The summed E-state index contributed by atoms with van der Waals surface area (Å²) in [6.07, 6.45) is 16.8. The molecular formula is C24H42N2O4S. The lowest BCUT2D eigenvalue weighted by Gasteiger charge is -2.09. The summed E-state index contributed by atoms with van der Waals surface area (Å²) in [5.41, 5.74) is 6.49. The van der Waals surface area contributed by atoms with Crippen LogP contribution in [-0.4, -0.2) is 20.9 Å². The van der Waals surface area contributed by atoms with Crippen LogP contribution in [-0.2, 0) is 21.5 Å². The topological polar surface area (TPSA) is 98.5 Å². The van der Waals surface area contributed by atoms with Crippen molar-refractivity contribution in [1.82, 2.24) is 4.72 Å². The van der Waals surface area contributed by atoms with Crippen LogP contribution in [0.5, 0.6) is 5.75 Å². The van der Waals surface area contributed by atoms with E-state index in [0.717, 1.165) is 18.4 Å². The molecule has 0 spiro atoms. The first-order chi connectivity index (χ1) is 15.0. The Bertz CT molecular complexity index is 690. The summed E-state index contributed by atoms with van der Waals surface area (Å²) in [5, 5.41) is 0. The van der Waals surface area contributed by atoms with Crippen molar-refractivity contribution in [2.45, 2.75) is 103 Å². The number of rotatable bonds is 19. The van der Waals surface area contributed by atoms with Gasteiger partial charge in [0.15, 0.2) is 0 Å². The van der Waals surface area contributed by atoms with E-state index < -0.39 is 16.2 Å². The van der Waals surface area contributed by atoms with Gasteiger partial charge in [-0.05, 0) is 37.1 Å². The van der Waals surface area contributed by atoms with Crippen LogP contribution in [0.1, 0.15) is 102 Å². The Morgan fingerprint density at radius 3 is 1.81 bits per heavy atom. The minimum Gasteiger partial charge on any atom is -0.367 e. The largest absolute Gasteiger partial charge is 0.409 e. The summed E-state index contributed by atoms with van der Waals surface area (Å²) in [6, 6.07) is 6.63. The number of amides is 1. The molecule has 1 rings (SSSR count). The molecule has 0 heterocycles. The highest BCUT2D eigenvalue weighted by molar-refractivity contribution is 7.85. The standard InChI is InChI=1S/C24H42N2O4S/c1-2-3-4-5-6-7-8-9-10-11-12-13-14-15-24(27)26-31(28,29)30-23-18-16-22(17-19-23)20-21-25/h16-19H,2-15,20-21,25H2,1H3,(H,26,27). The molecular weight excluding hydrogens is 412 g/mol. The van der Waals surface area contributed by atoms with Gasteiger partial charge in [-0.1, -0.05) is 96.1 Å². The van der Waals surface area contributed by atoms with Crippen molar-refractivity contribution in [3.8, 4) is 5.75 Å². The monoisotopic (exact) mass is 454 g/mol. The number of nitrogens with two attached hydrogens (primary N) is 1. The number of unbranched alkanes of at least 4 members (excludes halogenated alkanes) is 12. The quantitative estimate of drug-likeness (QED) is 0.272. The van der Waals surface area contributed by atoms with Gasteiger partial charge in [-0.25, -0.2) is 4.72 Å². The zero-order valence-electron chi connectivity index (χ0n) is 19.2. The van der Waals surface area contributed by atoms with E-state index in [1.165, 1.54) is 64.2 Å². The zero-order valence-corrected chi connectivity index (χ0v) is 20.1. The molecule has 0 aromatic heterocycles. The summed E-state index contributed by atoms with van der Waals surface area (Å²) in [7, 11) is -4.15. The van der Waals surface area contributed by atoms with Gasteiger partial charge in [0.05, 0.1) is 0 Å². The van der Waals surface area contributed by atoms with Gasteiger partial charge in [0, 0.05) is 6.42 Å². The van der Waals surface area contributed by atoms with Crippen LogP contribution < -0.4 is 14.6 Å². The summed E-state index contributed by atoms with van der Waals surface area (Å²) < 4.78 is 30.9. The van der Waals surface area contributed by atoms with Crippen LogP contribution >= 0.6 is 0 Å². The molecule has 6 nitrogen and oxygen atoms in total. The normalized spacial score (nSPS) is 11.4. The highest BCUT2D eigenvalue weighted by Crippen LogP contribution is 2.15. The van der Waals surface area contributed by atoms with Crippen LogP contribution in [0.25, 0.3) is 0 Å². The molecule has 0 aliphatic rings. The van der Waals surface area contributed by atoms with Crippen LogP contribution in [0.3, 0.4) is 0 Å². The van der Waals surface area contributed by atoms with E-state index in [2.05, 4.69) is 6.92 Å². The van der Waals surface area contributed by atoms with E-state index in [9.17, 15) is 13.2 Å². The SMILES string of the molecule is CCCCCCCCCCCCCCCC(=O)NS(=O)(=O)Oc1ccc(CCN)cc1. The molecule has 0 saturated carbocycles. The minimum atomic E-state index is -4.15. The third-order valence-electron chi connectivity index (χ3n) is 5.31. The van der Waals surface area contributed by atoms with Crippen LogP contribution in [0.2, 0.25) is 0 Å². The van der Waals surface area contributed by atoms with E-state index in [1.54, 1.807) is 24.3 Å². The third kappa shape index (κ3) is 14.9. The Kier molecular flexibility index (Phi) is 15.1. The Morgan fingerprint density at radius 1 is 0.839 bits per heavy atom. The predicted molar refractivity (Wildman–Crippen MR) is 127 cm³/mol. The molecule has 178 valence electrons. The molecule has 0 radical (unpaired) electrons. The predicted octanol–water partition coefficient (Wildman–Crippen LogP) is 5.41. The Labute approximate surface area is 189 Å². The Balaban J connectivity index is 2.05. The summed E-state index contributed by atoms with van der Waals surface area (Å²) in [6.45, 7) is 2.77. The number of nitrogens with one attached hydrogen (secondary N) is 1. The molecule has 0 fully saturated rings. The number of hydrogen-bond donors (Lipinski definition) is 2. The molecule has 0 unspecified atom stereocenters. The van der Waals surface area contributed by atoms with Crippen molar-refractivity contribution in [1.29, 1.82) is 0 Å². The maximum absolute atomic E-state index is 12.0. The smallest absolute Gasteiger partial charge is 0.367 e. The average molecular weight is 455 g/mol. The third-order valence-corrected chi connectivity index (χ3v) is 6.20. The number of hydrogen-bond acceptors (Lipinski definition) is 5. The first kappa shape index (κ1) is 27.4. The molecule has 1 aromatic rings. The number of benzene rings is 1. The second-order valence-corrected chi connectivity index (χ2v) is 9.52. The Hall–Kier alpha value is -1.60. The van der Waals surface area contributed by atoms with Gasteiger partial charge in [0.25, 0.3) is 0 Å². The zero-order chi connectivity index (χ0) is 22.8. The van der Waals surface area contributed by atoms with Crippen LogP contribution in [0.15, 0.2) is 24.3 Å². The second kappa shape index (κ2) is 17.0. The molecule has 1 aromatic carbocycles. The lowest BCUT2D eigenvalue weighted by molar-refractivity contribution is -0.119. The molecule has 0 aliphatic carbocycles. The van der Waals surface area contributed by atoms with Crippen molar-refractivity contribution in [2.24, 2.45) is 5.73 Å². The number of carbonyl (C=O) groups excluding carboxylic acids is 1. The van der Waals surface area contributed by atoms with E-state index in [1.807, 2.05) is 4.72 Å². The molecule has 7 heteroatoms. The second-order valence-electron chi connectivity index (χ2n) is 8.24. The Morgan fingerprint density at radius 2 is 1.32 bits per heavy atom. The molecule has 1 amide bonds. The lowest BCUT2D eigenvalue weighted by atomic mass is 10.0. The van der Waals surface area contributed by atoms with Gasteiger partial charge in [-0.3, -0.25) is 4.79 Å². The fraction of sp³-hybridized carbons (Fsp3) is 0.708. The maximum atomic E-state index is 12.0. The van der Waals surface area contributed by atoms with Crippen molar-refractivity contribution in [3.05, 3.63) is 29.8 Å².